The van der Waals surface area contributed by atoms with Gasteiger partial charge in [0.05, 0.1) is 0 Å². The lowest BCUT2D eigenvalue weighted by molar-refractivity contribution is -0.222. The number of H-pyrrole nitrogens is 1. The molecule has 1 aromatic rings. The van der Waals surface area contributed by atoms with Crippen LogP contribution >= 0.6 is 0 Å². The van der Waals surface area contributed by atoms with Gasteiger partial charge in [0.1, 0.15) is 0 Å². The average Bonchev–Trinajstić information content (AvgIpc) is 2.39. The van der Waals surface area contributed by atoms with Gasteiger partial charge in [-0.25, -0.2) is 4.99 Å². The van der Waals surface area contributed by atoms with E-state index in [2.05, 4.69) is 25.6 Å². The molecule has 0 amide bonds. The normalized spacial score (nSPS) is 12.5. The number of aromatic amines is 1. The zero-order valence-corrected chi connectivity index (χ0v) is 6.27. The van der Waals surface area contributed by atoms with E-state index in [1.54, 1.807) is 13.8 Å². The Kier molecular flexibility index (Phi) is 2.15. The fraction of sp³-hybridized carbons (Fsp3) is 0.600. The van der Waals surface area contributed by atoms with Crippen LogP contribution in [0.2, 0.25) is 0 Å². The first-order chi connectivity index (χ1) is 5.20. The van der Waals surface area contributed by atoms with Gasteiger partial charge in [-0.2, -0.15) is 5.21 Å². The second-order valence-corrected chi connectivity index (χ2v) is 2.32. The van der Waals surface area contributed by atoms with Crippen molar-refractivity contribution in [2.45, 2.75) is 13.8 Å². The summed E-state index contributed by atoms with van der Waals surface area (Å²) >= 11 is 0. The molecule has 0 spiro atoms. The van der Waals surface area contributed by atoms with Gasteiger partial charge in [0, 0.05) is 0 Å². The molecule has 0 saturated heterocycles. The van der Waals surface area contributed by atoms with E-state index < -0.39 is 0 Å². The maximum Gasteiger partial charge on any atom is 0.287 e. The molecule has 1 rings (SSSR count). The maximum atomic E-state index is 10.9. The molecule has 0 aliphatic rings. The van der Waals surface area contributed by atoms with Crippen molar-refractivity contribution in [1.29, 1.82) is 0 Å². The summed E-state index contributed by atoms with van der Waals surface area (Å²) in [4.78, 5) is 3.56. The average molecular weight is 154 g/mol. The van der Waals surface area contributed by atoms with Gasteiger partial charge in [0.2, 0.25) is 0 Å². The Labute approximate surface area is 63.4 Å². The number of nitrogens with zero attached hydrogens (tertiary/aromatic N) is 4. The molecule has 0 aliphatic carbocycles. The molecular formula is C5H8N5O-. The molecule has 0 aromatic carbocycles. The SMILES string of the molecule is CC(C)/C([O-])=N/c1nn[nH]n1. The molecule has 0 bridgehead atoms. The number of aliphatic imine (C=N–C) groups is 1. The third-order valence-electron chi connectivity index (χ3n) is 1.04. The molecule has 0 aliphatic heterocycles. The summed E-state index contributed by atoms with van der Waals surface area (Å²) in [5.41, 5.74) is 0. The molecule has 0 radical (unpaired) electrons. The molecule has 11 heavy (non-hydrogen) atoms. The quantitative estimate of drug-likeness (QED) is 0.448. The highest BCUT2D eigenvalue weighted by Crippen LogP contribution is 2.00. The highest BCUT2D eigenvalue weighted by molar-refractivity contribution is 5.75. The summed E-state index contributed by atoms with van der Waals surface area (Å²) in [6.45, 7) is 3.51. The largest absolute Gasteiger partial charge is 0.861 e. The molecule has 1 N–H and O–H groups in total. The van der Waals surface area contributed by atoms with E-state index in [4.69, 9.17) is 0 Å². The Morgan fingerprint density at radius 3 is 2.82 bits per heavy atom. The fourth-order valence-electron chi connectivity index (χ4n) is 0.432. The molecule has 0 unspecified atom stereocenters. The van der Waals surface area contributed by atoms with Crippen molar-refractivity contribution in [1.82, 2.24) is 20.6 Å². The lowest BCUT2D eigenvalue weighted by atomic mass is 10.2. The predicted octanol–water partition coefficient (Wildman–Crippen LogP) is -0.754. The van der Waals surface area contributed by atoms with Gasteiger partial charge in [-0.1, -0.05) is 18.9 Å². The first kappa shape index (κ1) is 7.64. The van der Waals surface area contributed by atoms with Crippen molar-refractivity contribution in [3.8, 4) is 0 Å². The lowest BCUT2D eigenvalue weighted by Gasteiger charge is -2.11. The van der Waals surface area contributed by atoms with E-state index in [0.717, 1.165) is 0 Å². The van der Waals surface area contributed by atoms with Crippen molar-refractivity contribution in [3.05, 3.63) is 0 Å². The number of nitrogens with one attached hydrogen (secondary N) is 1. The van der Waals surface area contributed by atoms with Gasteiger partial charge in [0.15, 0.2) is 0 Å². The van der Waals surface area contributed by atoms with Crippen LogP contribution in [0.3, 0.4) is 0 Å². The van der Waals surface area contributed by atoms with E-state index in [9.17, 15) is 5.11 Å². The summed E-state index contributed by atoms with van der Waals surface area (Å²) in [7, 11) is 0. The van der Waals surface area contributed by atoms with Crippen LogP contribution < -0.4 is 5.11 Å². The van der Waals surface area contributed by atoms with Crippen molar-refractivity contribution >= 4 is 11.8 Å². The van der Waals surface area contributed by atoms with Crippen molar-refractivity contribution in [3.63, 3.8) is 0 Å². The highest BCUT2D eigenvalue weighted by Gasteiger charge is 1.95. The van der Waals surface area contributed by atoms with Gasteiger partial charge in [0.25, 0.3) is 5.95 Å². The second-order valence-electron chi connectivity index (χ2n) is 2.32. The smallest absolute Gasteiger partial charge is 0.287 e. The molecule has 1 aromatic heterocycles. The Bertz CT molecular complexity index is 239. The summed E-state index contributed by atoms with van der Waals surface area (Å²) in [6.07, 6.45) is 0. The highest BCUT2D eigenvalue weighted by atomic mass is 16.3. The zero-order valence-electron chi connectivity index (χ0n) is 6.27. The minimum atomic E-state index is -0.244. The van der Waals surface area contributed by atoms with Crippen LogP contribution in [0.4, 0.5) is 5.95 Å². The molecular weight excluding hydrogens is 146 g/mol. The molecule has 0 atom stereocenters. The zero-order chi connectivity index (χ0) is 8.27. The van der Waals surface area contributed by atoms with E-state index >= 15 is 0 Å². The third-order valence-corrected chi connectivity index (χ3v) is 1.04. The minimum absolute atomic E-state index is 0.0868. The number of tetrazole rings is 1. The van der Waals surface area contributed by atoms with Crippen LogP contribution in [0.15, 0.2) is 4.99 Å². The first-order valence-corrected chi connectivity index (χ1v) is 3.19. The van der Waals surface area contributed by atoms with Gasteiger partial charge in [-0.15, -0.1) is 5.10 Å². The maximum absolute atomic E-state index is 10.9. The topological polar surface area (TPSA) is 89.9 Å². The van der Waals surface area contributed by atoms with E-state index in [1.165, 1.54) is 0 Å². The monoisotopic (exact) mass is 154 g/mol. The molecule has 60 valence electrons. The summed E-state index contributed by atoms with van der Waals surface area (Å²) in [5, 5.41) is 23.4. The van der Waals surface area contributed by atoms with Gasteiger partial charge >= 0.3 is 0 Å². The van der Waals surface area contributed by atoms with Crippen molar-refractivity contribution in [2.75, 3.05) is 0 Å². The van der Waals surface area contributed by atoms with Gasteiger partial charge < -0.3 is 5.11 Å². The molecule has 1 heterocycles. The van der Waals surface area contributed by atoms with Crippen molar-refractivity contribution in [2.24, 2.45) is 10.9 Å². The van der Waals surface area contributed by atoms with Gasteiger partial charge in [-0.05, 0) is 17.0 Å². The number of rotatable bonds is 2. The fourth-order valence-corrected chi connectivity index (χ4v) is 0.432. The van der Waals surface area contributed by atoms with E-state index in [1.807, 2.05) is 0 Å². The van der Waals surface area contributed by atoms with Crippen LogP contribution in [0.5, 0.6) is 0 Å². The van der Waals surface area contributed by atoms with Gasteiger partial charge in [-0.3, -0.25) is 0 Å². The third kappa shape index (κ3) is 1.99. The summed E-state index contributed by atoms with van der Waals surface area (Å²) in [6, 6.07) is 0. The second kappa shape index (κ2) is 3.09. The Hall–Kier alpha value is -1.46. The van der Waals surface area contributed by atoms with Crippen molar-refractivity contribution < 1.29 is 5.11 Å². The molecule has 0 saturated carbocycles. The number of hydrogen-bond donors (Lipinski definition) is 1. The Balaban J connectivity index is 2.74. The molecule has 0 fully saturated rings. The number of hydrogen-bond acceptors (Lipinski definition) is 5. The van der Waals surface area contributed by atoms with Crippen LogP contribution in [0.1, 0.15) is 13.8 Å². The van der Waals surface area contributed by atoms with Crippen LogP contribution in [0.25, 0.3) is 0 Å². The first-order valence-electron chi connectivity index (χ1n) is 3.19. The summed E-state index contributed by atoms with van der Waals surface area (Å²) < 4.78 is 0. The van der Waals surface area contributed by atoms with Crippen LogP contribution in [-0.2, 0) is 0 Å². The number of aromatic nitrogens is 4. The summed E-state index contributed by atoms with van der Waals surface area (Å²) in [5.74, 6) is -0.288. The Morgan fingerprint density at radius 2 is 2.36 bits per heavy atom. The predicted molar refractivity (Wildman–Crippen MR) is 36.1 cm³/mol. The van der Waals surface area contributed by atoms with Crippen LogP contribution in [-0.4, -0.2) is 26.5 Å². The minimum Gasteiger partial charge on any atom is -0.861 e. The standard InChI is InChI=1S/C5H9N5O/c1-3(2)4(11)6-5-7-9-10-8-5/h3H,1-2H3,(H2,6,7,8,9,10,11)/p-1. The molecule has 6 heteroatoms. The van der Waals surface area contributed by atoms with Crippen LogP contribution in [0, 0.1) is 5.92 Å². The van der Waals surface area contributed by atoms with E-state index in [0.29, 0.717) is 0 Å². The van der Waals surface area contributed by atoms with E-state index in [-0.39, 0.29) is 17.8 Å². The molecule has 6 nitrogen and oxygen atoms in total. The lowest BCUT2D eigenvalue weighted by Crippen LogP contribution is -2.23. The Morgan fingerprint density at radius 1 is 1.64 bits per heavy atom.